The van der Waals surface area contributed by atoms with Gasteiger partial charge in [-0.05, 0) is 23.3 Å². The van der Waals surface area contributed by atoms with Crippen LogP contribution in [0.2, 0.25) is 0 Å². The summed E-state index contributed by atoms with van der Waals surface area (Å²) in [5.41, 5.74) is 2.77. The van der Waals surface area contributed by atoms with Gasteiger partial charge in [-0.15, -0.1) is 0 Å². The van der Waals surface area contributed by atoms with Crippen molar-refractivity contribution in [1.29, 1.82) is 0 Å². The number of H-pyrrole nitrogens is 1. The lowest BCUT2D eigenvalue weighted by molar-refractivity contribution is 0.0698. The average molecular weight is 238 g/mol. The van der Waals surface area contributed by atoms with Gasteiger partial charge in [-0.25, -0.2) is 4.79 Å². The highest BCUT2D eigenvalue weighted by molar-refractivity contribution is 6.02. The Bertz CT molecular complexity index is 731. The van der Waals surface area contributed by atoms with E-state index in [1.165, 1.54) is 0 Å². The highest BCUT2D eigenvalue weighted by Crippen LogP contribution is 2.29. The fourth-order valence-corrected chi connectivity index (χ4v) is 2.11. The molecule has 0 fully saturated rings. The van der Waals surface area contributed by atoms with Gasteiger partial charge in [0.05, 0.1) is 17.3 Å². The van der Waals surface area contributed by atoms with Gasteiger partial charge < -0.3 is 5.11 Å². The third-order valence-corrected chi connectivity index (χ3v) is 2.93. The van der Waals surface area contributed by atoms with Crippen molar-refractivity contribution in [3.05, 3.63) is 54.2 Å². The number of carboxylic acids is 1. The van der Waals surface area contributed by atoms with Crippen LogP contribution in [0, 0.1) is 0 Å². The topological polar surface area (TPSA) is 66.0 Å². The summed E-state index contributed by atoms with van der Waals surface area (Å²) >= 11 is 0. The summed E-state index contributed by atoms with van der Waals surface area (Å²) in [6.45, 7) is 0. The molecule has 3 rings (SSSR count). The van der Waals surface area contributed by atoms with Gasteiger partial charge in [0.15, 0.2) is 0 Å². The Morgan fingerprint density at radius 3 is 2.67 bits per heavy atom. The first kappa shape index (κ1) is 10.5. The van der Waals surface area contributed by atoms with E-state index in [1.807, 2.05) is 30.3 Å². The van der Waals surface area contributed by atoms with Crippen molar-refractivity contribution in [2.75, 3.05) is 0 Å². The Morgan fingerprint density at radius 1 is 1.06 bits per heavy atom. The molecule has 0 aliphatic carbocycles. The summed E-state index contributed by atoms with van der Waals surface area (Å²) < 4.78 is 0. The molecule has 0 radical (unpaired) electrons. The number of benzene rings is 2. The Labute approximate surface area is 103 Å². The number of hydrogen-bond acceptors (Lipinski definition) is 2. The molecule has 0 aliphatic heterocycles. The molecule has 1 heterocycles. The molecular weight excluding hydrogens is 228 g/mol. The third-order valence-electron chi connectivity index (χ3n) is 2.93. The Morgan fingerprint density at radius 2 is 1.83 bits per heavy atom. The summed E-state index contributed by atoms with van der Waals surface area (Å²) in [4.78, 5) is 11.2. The number of fused-ring (bicyclic) bond motifs is 1. The number of aromatic amines is 1. The van der Waals surface area contributed by atoms with Crippen molar-refractivity contribution in [3.8, 4) is 11.1 Å². The van der Waals surface area contributed by atoms with E-state index in [-0.39, 0.29) is 0 Å². The van der Waals surface area contributed by atoms with Crippen LogP contribution >= 0.6 is 0 Å². The largest absolute Gasteiger partial charge is 0.478 e. The van der Waals surface area contributed by atoms with Crippen molar-refractivity contribution >= 4 is 16.9 Å². The summed E-state index contributed by atoms with van der Waals surface area (Å²) in [6, 6.07) is 12.7. The van der Waals surface area contributed by atoms with Gasteiger partial charge in [0, 0.05) is 5.39 Å². The first-order chi connectivity index (χ1) is 8.77. The lowest BCUT2D eigenvalue weighted by Crippen LogP contribution is -1.99. The fourth-order valence-electron chi connectivity index (χ4n) is 2.11. The molecular formula is C14H10N2O2. The number of aromatic carboxylic acids is 1. The summed E-state index contributed by atoms with van der Waals surface area (Å²) in [5, 5.41) is 17.0. The van der Waals surface area contributed by atoms with Gasteiger partial charge in [-0.1, -0.05) is 30.3 Å². The van der Waals surface area contributed by atoms with E-state index in [2.05, 4.69) is 10.2 Å². The van der Waals surface area contributed by atoms with E-state index >= 15 is 0 Å². The van der Waals surface area contributed by atoms with Gasteiger partial charge in [0.25, 0.3) is 0 Å². The maximum atomic E-state index is 11.2. The zero-order valence-corrected chi connectivity index (χ0v) is 9.42. The lowest BCUT2D eigenvalue weighted by Gasteiger charge is -2.06. The summed E-state index contributed by atoms with van der Waals surface area (Å²) in [7, 11) is 0. The molecule has 0 bridgehead atoms. The molecule has 0 aliphatic rings. The van der Waals surface area contributed by atoms with Gasteiger partial charge >= 0.3 is 5.97 Å². The van der Waals surface area contributed by atoms with Gasteiger partial charge in [-0.2, -0.15) is 5.10 Å². The smallest absolute Gasteiger partial charge is 0.336 e. The Balaban J connectivity index is 2.33. The first-order valence-electron chi connectivity index (χ1n) is 5.52. The van der Waals surface area contributed by atoms with E-state index in [0.29, 0.717) is 11.1 Å². The molecule has 18 heavy (non-hydrogen) atoms. The molecule has 0 saturated carbocycles. The second-order valence-corrected chi connectivity index (χ2v) is 3.99. The predicted molar refractivity (Wildman–Crippen MR) is 68.5 cm³/mol. The van der Waals surface area contributed by atoms with Gasteiger partial charge in [0.1, 0.15) is 0 Å². The lowest BCUT2D eigenvalue weighted by atomic mass is 9.97. The van der Waals surface area contributed by atoms with E-state index < -0.39 is 5.97 Å². The third kappa shape index (κ3) is 1.55. The summed E-state index contributed by atoms with van der Waals surface area (Å²) in [5.74, 6) is -0.925. The van der Waals surface area contributed by atoms with E-state index in [0.717, 1.165) is 16.5 Å². The Kier molecular flexibility index (Phi) is 2.34. The number of hydrogen-bond donors (Lipinski definition) is 2. The summed E-state index contributed by atoms with van der Waals surface area (Å²) in [6.07, 6.45) is 1.71. The molecule has 0 saturated heterocycles. The molecule has 3 aromatic rings. The number of nitrogens with one attached hydrogen (secondary N) is 1. The molecule has 0 atom stereocenters. The van der Waals surface area contributed by atoms with Crippen molar-refractivity contribution < 1.29 is 9.90 Å². The number of rotatable bonds is 2. The van der Waals surface area contributed by atoms with Crippen LogP contribution in [0.15, 0.2) is 48.7 Å². The highest BCUT2D eigenvalue weighted by Gasteiger charge is 2.13. The minimum absolute atomic E-state index is 0.297. The molecule has 0 unspecified atom stereocenters. The van der Waals surface area contributed by atoms with Crippen LogP contribution in [-0.4, -0.2) is 21.3 Å². The molecule has 0 amide bonds. The molecule has 4 nitrogen and oxygen atoms in total. The van der Waals surface area contributed by atoms with E-state index in [1.54, 1.807) is 18.3 Å². The fraction of sp³-hybridized carbons (Fsp3) is 0. The van der Waals surface area contributed by atoms with Gasteiger partial charge in [-0.3, -0.25) is 5.10 Å². The van der Waals surface area contributed by atoms with Crippen LogP contribution in [0.1, 0.15) is 10.4 Å². The molecule has 88 valence electrons. The van der Waals surface area contributed by atoms with E-state index in [9.17, 15) is 9.90 Å². The number of nitrogens with zero attached hydrogens (tertiary/aromatic N) is 1. The average Bonchev–Trinajstić information content (AvgIpc) is 2.86. The van der Waals surface area contributed by atoms with Crippen molar-refractivity contribution in [3.63, 3.8) is 0 Å². The second kappa shape index (κ2) is 4.00. The maximum Gasteiger partial charge on any atom is 0.336 e. The predicted octanol–water partition coefficient (Wildman–Crippen LogP) is 2.93. The minimum atomic E-state index is -0.925. The molecule has 1 aromatic heterocycles. The van der Waals surface area contributed by atoms with Crippen molar-refractivity contribution in [2.45, 2.75) is 0 Å². The van der Waals surface area contributed by atoms with Crippen LogP contribution in [0.4, 0.5) is 0 Å². The Hall–Kier alpha value is -2.62. The van der Waals surface area contributed by atoms with Gasteiger partial charge in [0.2, 0.25) is 0 Å². The zero-order chi connectivity index (χ0) is 12.5. The second-order valence-electron chi connectivity index (χ2n) is 3.99. The maximum absolute atomic E-state index is 11.2. The number of carboxylic acid groups (broad SMARTS) is 1. The van der Waals surface area contributed by atoms with Crippen LogP contribution in [0.3, 0.4) is 0 Å². The van der Waals surface area contributed by atoms with Crippen LogP contribution in [0.25, 0.3) is 22.0 Å². The van der Waals surface area contributed by atoms with Crippen LogP contribution in [-0.2, 0) is 0 Å². The van der Waals surface area contributed by atoms with Crippen molar-refractivity contribution in [2.24, 2.45) is 0 Å². The standard InChI is InChI=1S/C14H10N2O2/c17-14(18)11-5-2-1-4-9(11)10-6-3-7-13-12(10)8-15-16-13/h1-8H,(H,15,16)(H,17,18). The molecule has 2 aromatic carbocycles. The molecule has 2 N–H and O–H groups in total. The SMILES string of the molecule is O=C(O)c1ccccc1-c1cccc2[nH]ncc12. The first-order valence-corrected chi connectivity index (χ1v) is 5.52. The van der Waals surface area contributed by atoms with Crippen LogP contribution < -0.4 is 0 Å². The quantitative estimate of drug-likeness (QED) is 0.721. The van der Waals surface area contributed by atoms with Crippen LogP contribution in [0.5, 0.6) is 0 Å². The normalized spacial score (nSPS) is 10.7. The molecule has 0 spiro atoms. The number of carbonyl (C=O) groups is 1. The minimum Gasteiger partial charge on any atom is -0.478 e. The van der Waals surface area contributed by atoms with Crippen molar-refractivity contribution in [1.82, 2.24) is 10.2 Å². The van der Waals surface area contributed by atoms with E-state index in [4.69, 9.17) is 0 Å². The zero-order valence-electron chi connectivity index (χ0n) is 9.42. The number of aromatic nitrogens is 2. The monoisotopic (exact) mass is 238 g/mol. The molecule has 4 heteroatoms. The highest BCUT2D eigenvalue weighted by atomic mass is 16.4.